The quantitative estimate of drug-likeness (QED) is 0.511. The van der Waals surface area contributed by atoms with Crippen LogP contribution in [0.1, 0.15) is 24.4 Å². The molecule has 2 heterocycles. The van der Waals surface area contributed by atoms with E-state index >= 15 is 0 Å². The molecule has 0 bridgehead atoms. The van der Waals surface area contributed by atoms with E-state index in [0.29, 0.717) is 11.6 Å². The molecule has 0 radical (unpaired) electrons. The van der Waals surface area contributed by atoms with Crippen LogP contribution in [-0.2, 0) is 17.1 Å². The number of rotatable bonds is 5. The SMILES string of the molecule is Cc1nc(NC(C)c2cccc(S(N)(=O)=O)c2)cc(-c2ccc3ccn(C)c3c2)n1. The summed E-state index contributed by atoms with van der Waals surface area (Å²) in [5.74, 6) is 1.31. The van der Waals surface area contributed by atoms with Crippen LogP contribution < -0.4 is 10.5 Å². The molecule has 7 nitrogen and oxygen atoms in total. The average molecular weight is 422 g/mol. The van der Waals surface area contributed by atoms with Gasteiger partial charge in [-0.25, -0.2) is 23.5 Å². The normalized spacial score (nSPS) is 12.8. The molecular formula is C22H23N5O2S. The Kier molecular flexibility index (Phi) is 5.05. The lowest BCUT2D eigenvalue weighted by Crippen LogP contribution is -2.14. The molecule has 0 amide bonds. The van der Waals surface area contributed by atoms with Gasteiger partial charge in [0.25, 0.3) is 0 Å². The Morgan fingerprint density at radius 3 is 2.63 bits per heavy atom. The second kappa shape index (κ2) is 7.55. The fourth-order valence-electron chi connectivity index (χ4n) is 3.48. The number of hydrogen-bond acceptors (Lipinski definition) is 5. The van der Waals surface area contributed by atoms with Gasteiger partial charge in [-0.3, -0.25) is 0 Å². The minimum Gasteiger partial charge on any atom is -0.363 e. The van der Waals surface area contributed by atoms with Gasteiger partial charge < -0.3 is 9.88 Å². The molecule has 0 saturated heterocycles. The van der Waals surface area contributed by atoms with Crippen LogP contribution >= 0.6 is 0 Å². The van der Waals surface area contributed by atoms with Crippen molar-refractivity contribution in [1.82, 2.24) is 14.5 Å². The Balaban J connectivity index is 1.65. The third kappa shape index (κ3) is 4.05. The Morgan fingerprint density at radius 2 is 1.87 bits per heavy atom. The molecule has 30 heavy (non-hydrogen) atoms. The summed E-state index contributed by atoms with van der Waals surface area (Å²) >= 11 is 0. The zero-order valence-corrected chi connectivity index (χ0v) is 17.8. The van der Waals surface area contributed by atoms with Crippen LogP contribution in [-0.4, -0.2) is 23.0 Å². The van der Waals surface area contributed by atoms with Crippen molar-refractivity contribution in [3.63, 3.8) is 0 Å². The highest BCUT2D eigenvalue weighted by Crippen LogP contribution is 2.27. The minimum atomic E-state index is -3.75. The summed E-state index contributed by atoms with van der Waals surface area (Å²) in [6, 6.07) is 16.6. The van der Waals surface area contributed by atoms with E-state index in [1.54, 1.807) is 12.1 Å². The fraction of sp³-hybridized carbons (Fsp3) is 0.182. The predicted octanol–water partition coefficient (Wildman–Crippen LogP) is 3.76. The van der Waals surface area contributed by atoms with E-state index in [-0.39, 0.29) is 10.9 Å². The summed E-state index contributed by atoms with van der Waals surface area (Å²) in [6.07, 6.45) is 2.03. The average Bonchev–Trinajstić information content (AvgIpc) is 3.07. The van der Waals surface area contributed by atoms with Gasteiger partial charge in [0, 0.05) is 36.4 Å². The van der Waals surface area contributed by atoms with Gasteiger partial charge in [-0.1, -0.05) is 24.3 Å². The fourth-order valence-corrected chi connectivity index (χ4v) is 4.05. The first kappa shape index (κ1) is 20.1. The van der Waals surface area contributed by atoms with Crippen LogP contribution in [0.5, 0.6) is 0 Å². The molecule has 0 aliphatic heterocycles. The van der Waals surface area contributed by atoms with Crippen LogP contribution in [0.4, 0.5) is 5.82 Å². The van der Waals surface area contributed by atoms with Crippen LogP contribution in [0, 0.1) is 6.92 Å². The number of nitrogens with zero attached hydrogens (tertiary/aromatic N) is 3. The molecule has 0 spiro atoms. The number of nitrogens with one attached hydrogen (secondary N) is 1. The van der Waals surface area contributed by atoms with Gasteiger partial charge in [-0.15, -0.1) is 0 Å². The van der Waals surface area contributed by atoms with E-state index in [2.05, 4.69) is 38.1 Å². The number of hydrogen-bond donors (Lipinski definition) is 2. The summed E-state index contributed by atoms with van der Waals surface area (Å²) in [5.41, 5.74) is 3.75. The molecule has 8 heteroatoms. The van der Waals surface area contributed by atoms with Gasteiger partial charge in [-0.2, -0.15) is 0 Å². The van der Waals surface area contributed by atoms with Crippen LogP contribution in [0.15, 0.2) is 65.7 Å². The third-order valence-corrected chi connectivity index (χ3v) is 5.98. The second-order valence-electron chi connectivity index (χ2n) is 7.37. The van der Waals surface area contributed by atoms with Crippen LogP contribution in [0.3, 0.4) is 0 Å². The number of fused-ring (bicyclic) bond motifs is 1. The maximum absolute atomic E-state index is 11.6. The van der Waals surface area contributed by atoms with Gasteiger partial charge in [0.15, 0.2) is 0 Å². The first-order valence-corrected chi connectivity index (χ1v) is 11.1. The number of aromatic nitrogens is 3. The summed E-state index contributed by atoms with van der Waals surface area (Å²) in [4.78, 5) is 9.18. The second-order valence-corrected chi connectivity index (χ2v) is 8.93. The standard InChI is InChI=1S/C22H23N5O2S/c1-14(17-5-4-6-19(11-17)30(23,28)29)24-22-13-20(25-15(2)26-22)18-8-7-16-9-10-27(3)21(16)12-18/h4-14H,1-3H3,(H2,23,28,29)(H,24,25,26). The van der Waals surface area contributed by atoms with E-state index in [9.17, 15) is 8.42 Å². The number of primary sulfonamides is 1. The van der Waals surface area contributed by atoms with Crippen molar-refractivity contribution in [3.05, 3.63) is 72.2 Å². The molecule has 2 aromatic heterocycles. The van der Waals surface area contributed by atoms with E-state index in [1.807, 2.05) is 45.3 Å². The summed E-state index contributed by atoms with van der Waals surface area (Å²) in [6.45, 7) is 3.79. The largest absolute Gasteiger partial charge is 0.363 e. The molecule has 0 aliphatic rings. The highest BCUT2D eigenvalue weighted by Gasteiger charge is 2.13. The zero-order valence-electron chi connectivity index (χ0n) is 17.0. The van der Waals surface area contributed by atoms with Gasteiger partial charge in [-0.05, 0) is 49.1 Å². The van der Waals surface area contributed by atoms with Crippen molar-refractivity contribution in [1.29, 1.82) is 0 Å². The van der Waals surface area contributed by atoms with Gasteiger partial charge in [0.05, 0.1) is 10.6 Å². The number of sulfonamides is 1. The minimum absolute atomic E-state index is 0.0871. The van der Waals surface area contributed by atoms with Crippen molar-refractivity contribution in [2.45, 2.75) is 24.8 Å². The lowest BCUT2D eigenvalue weighted by atomic mass is 10.1. The molecule has 2 aromatic carbocycles. The Morgan fingerprint density at radius 1 is 1.07 bits per heavy atom. The summed E-state index contributed by atoms with van der Waals surface area (Å²) in [7, 11) is -1.74. The predicted molar refractivity (Wildman–Crippen MR) is 119 cm³/mol. The van der Waals surface area contributed by atoms with Gasteiger partial charge >= 0.3 is 0 Å². The van der Waals surface area contributed by atoms with Crippen molar-refractivity contribution in [3.8, 4) is 11.3 Å². The molecule has 1 atom stereocenters. The maximum atomic E-state index is 11.6. The lowest BCUT2D eigenvalue weighted by Gasteiger charge is -2.17. The Labute approximate surface area is 175 Å². The first-order valence-electron chi connectivity index (χ1n) is 9.51. The number of aryl methyl sites for hydroxylation is 2. The molecule has 0 saturated carbocycles. The van der Waals surface area contributed by atoms with Crippen molar-refractivity contribution in [2.24, 2.45) is 12.2 Å². The summed E-state index contributed by atoms with van der Waals surface area (Å²) < 4.78 is 25.4. The van der Waals surface area contributed by atoms with E-state index in [0.717, 1.165) is 22.3 Å². The number of nitrogens with two attached hydrogens (primary N) is 1. The zero-order chi connectivity index (χ0) is 21.5. The molecule has 4 aromatic rings. The van der Waals surface area contributed by atoms with E-state index in [4.69, 9.17) is 5.14 Å². The van der Waals surface area contributed by atoms with Crippen molar-refractivity contribution >= 4 is 26.7 Å². The number of anilines is 1. The van der Waals surface area contributed by atoms with Crippen LogP contribution in [0.25, 0.3) is 22.2 Å². The maximum Gasteiger partial charge on any atom is 0.238 e. The monoisotopic (exact) mass is 421 g/mol. The Hall–Kier alpha value is -3.23. The third-order valence-electron chi connectivity index (χ3n) is 5.07. The highest BCUT2D eigenvalue weighted by molar-refractivity contribution is 7.89. The highest BCUT2D eigenvalue weighted by atomic mass is 32.2. The molecule has 0 fully saturated rings. The van der Waals surface area contributed by atoms with Crippen LogP contribution in [0.2, 0.25) is 0 Å². The molecular weight excluding hydrogens is 398 g/mol. The molecule has 154 valence electrons. The lowest BCUT2D eigenvalue weighted by molar-refractivity contribution is 0.597. The van der Waals surface area contributed by atoms with E-state index < -0.39 is 10.0 Å². The smallest absolute Gasteiger partial charge is 0.238 e. The summed E-state index contributed by atoms with van der Waals surface area (Å²) in [5, 5.41) is 9.77. The Bertz CT molecular complexity index is 1340. The molecule has 3 N–H and O–H groups in total. The van der Waals surface area contributed by atoms with Gasteiger partial charge in [0.1, 0.15) is 11.6 Å². The molecule has 4 rings (SSSR count). The molecule has 1 unspecified atom stereocenters. The topological polar surface area (TPSA) is 103 Å². The first-order chi connectivity index (χ1) is 14.2. The van der Waals surface area contributed by atoms with E-state index in [1.165, 1.54) is 11.5 Å². The number of benzene rings is 2. The van der Waals surface area contributed by atoms with Crippen molar-refractivity contribution < 1.29 is 8.42 Å². The van der Waals surface area contributed by atoms with Crippen molar-refractivity contribution in [2.75, 3.05) is 5.32 Å². The van der Waals surface area contributed by atoms with Gasteiger partial charge in [0.2, 0.25) is 10.0 Å². The molecule has 0 aliphatic carbocycles.